The first kappa shape index (κ1) is 13.4. The smallest absolute Gasteiger partial charge is 0.299 e. The average molecular weight is 202 g/mol. The molecule has 1 aliphatic carbocycles. The topological polar surface area (TPSA) is 35.5 Å². The van der Waals surface area contributed by atoms with Gasteiger partial charge in [0.25, 0.3) is 0 Å². The van der Waals surface area contributed by atoms with E-state index in [1.807, 2.05) is 0 Å². The van der Waals surface area contributed by atoms with Crippen molar-refractivity contribution < 1.29 is 14.6 Å². The minimum atomic E-state index is -0.433. The fourth-order valence-corrected chi connectivity index (χ4v) is 1.81. The molecule has 1 fully saturated rings. The molecule has 0 bridgehead atoms. The van der Waals surface area contributed by atoms with E-state index in [2.05, 4.69) is 23.6 Å². The number of rotatable bonds is 2. The minimum absolute atomic E-state index is 0.433. The van der Waals surface area contributed by atoms with Crippen molar-refractivity contribution in [3.05, 3.63) is 0 Å². The first-order valence-electron chi connectivity index (χ1n) is 5.31. The van der Waals surface area contributed by atoms with E-state index < -0.39 is 5.97 Å². The third-order valence-corrected chi connectivity index (χ3v) is 2.58. The molecule has 0 N–H and O–H groups in total. The van der Waals surface area contributed by atoms with Gasteiger partial charge in [-0.1, -0.05) is 33.1 Å². The molecule has 0 aliphatic heterocycles. The van der Waals surface area contributed by atoms with Crippen LogP contribution in [0, 0.1) is 11.8 Å². The normalized spacial score (nSPS) is 25.1. The van der Waals surface area contributed by atoms with Gasteiger partial charge in [0.15, 0.2) is 0 Å². The molecule has 14 heavy (non-hydrogen) atoms. The van der Waals surface area contributed by atoms with Crippen molar-refractivity contribution in [2.45, 2.75) is 46.5 Å². The Kier molecular flexibility index (Phi) is 7.48. The standard InChI is InChI=1S/C8H16.C3H6O3/c1-3-8-5-4-7(2)6-8;1-3(4)6-5-2/h7-8H,3-6H2,1-2H3;1-2H3. The molecule has 3 heteroatoms. The van der Waals surface area contributed by atoms with Crippen LogP contribution in [0.4, 0.5) is 0 Å². The summed E-state index contributed by atoms with van der Waals surface area (Å²) in [7, 11) is 1.28. The van der Waals surface area contributed by atoms with Gasteiger partial charge in [-0.2, -0.15) is 4.89 Å². The average Bonchev–Trinajstić information content (AvgIpc) is 2.52. The quantitative estimate of drug-likeness (QED) is 0.510. The minimum Gasteiger partial charge on any atom is -0.299 e. The molecular weight excluding hydrogens is 180 g/mol. The molecule has 1 rings (SSSR count). The summed E-state index contributed by atoms with van der Waals surface area (Å²) in [5, 5.41) is 0. The number of carbonyl (C=O) groups excluding carboxylic acids is 1. The molecule has 0 saturated heterocycles. The fraction of sp³-hybridized carbons (Fsp3) is 0.909. The molecule has 0 radical (unpaired) electrons. The van der Waals surface area contributed by atoms with Crippen LogP contribution in [0.2, 0.25) is 0 Å². The lowest BCUT2D eigenvalue weighted by atomic mass is 10.0. The van der Waals surface area contributed by atoms with Gasteiger partial charge in [-0.3, -0.25) is 4.89 Å². The highest BCUT2D eigenvalue weighted by atomic mass is 17.2. The van der Waals surface area contributed by atoms with Gasteiger partial charge in [-0.05, 0) is 18.3 Å². The van der Waals surface area contributed by atoms with Crippen LogP contribution < -0.4 is 0 Å². The maximum atomic E-state index is 9.70. The van der Waals surface area contributed by atoms with E-state index in [4.69, 9.17) is 0 Å². The molecule has 0 amide bonds. The first-order valence-corrected chi connectivity index (χ1v) is 5.31. The van der Waals surface area contributed by atoms with Gasteiger partial charge in [0.2, 0.25) is 0 Å². The van der Waals surface area contributed by atoms with Crippen molar-refractivity contribution in [3.63, 3.8) is 0 Å². The summed E-state index contributed by atoms with van der Waals surface area (Å²) in [5.41, 5.74) is 0. The Morgan fingerprint density at radius 1 is 1.43 bits per heavy atom. The van der Waals surface area contributed by atoms with Crippen LogP contribution >= 0.6 is 0 Å². The van der Waals surface area contributed by atoms with Crippen LogP contribution in [0.5, 0.6) is 0 Å². The van der Waals surface area contributed by atoms with E-state index in [1.165, 1.54) is 39.7 Å². The van der Waals surface area contributed by atoms with E-state index in [1.54, 1.807) is 0 Å². The second-order valence-electron chi connectivity index (χ2n) is 3.93. The summed E-state index contributed by atoms with van der Waals surface area (Å²) >= 11 is 0. The molecule has 0 spiro atoms. The lowest BCUT2D eigenvalue weighted by Crippen LogP contribution is -1.94. The molecule has 1 saturated carbocycles. The monoisotopic (exact) mass is 202 g/mol. The van der Waals surface area contributed by atoms with E-state index in [-0.39, 0.29) is 0 Å². The van der Waals surface area contributed by atoms with Gasteiger partial charge in [-0.25, -0.2) is 4.79 Å². The molecule has 0 aromatic heterocycles. The number of carbonyl (C=O) groups is 1. The second-order valence-corrected chi connectivity index (χ2v) is 3.93. The summed E-state index contributed by atoms with van der Waals surface area (Å²) in [5.74, 6) is 1.67. The molecule has 3 nitrogen and oxygen atoms in total. The van der Waals surface area contributed by atoms with Crippen molar-refractivity contribution in [1.82, 2.24) is 0 Å². The van der Waals surface area contributed by atoms with Crippen LogP contribution in [0.25, 0.3) is 0 Å². The largest absolute Gasteiger partial charge is 0.339 e. The van der Waals surface area contributed by atoms with Gasteiger partial charge in [-0.15, -0.1) is 0 Å². The summed E-state index contributed by atoms with van der Waals surface area (Å²) < 4.78 is 0. The van der Waals surface area contributed by atoms with Gasteiger partial charge in [0, 0.05) is 6.92 Å². The maximum absolute atomic E-state index is 9.70. The highest BCUT2D eigenvalue weighted by Crippen LogP contribution is 2.31. The Labute approximate surface area is 86.7 Å². The number of hydrogen-bond donors (Lipinski definition) is 0. The van der Waals surface area contributed by atoms with Crippen LogP contribution in [0.15, 0.2) is 0 Å². The third-order valence-electron chi connectivity index (χ3n) is 2.58. The Bertz CT molecular complexity index is 157. The van der Waals surface area contributed by atoms with Crippen molar-refractivity contribution in [2.75, 3.05) is 7.11 Å². The Morgan fingerprint density at radius 2 is 2.07 bits per heavy atom. The Morgan fingerprint density at radius 3 is 2.21 bits per heavy atom. The molecule has 2 atom stereocenters. The van der Waals surface area contributed by atoms with Crippen LogP contribution in [0.1, 0.15) is 46.5 Å². The summed E-state index contributed by atoms with van der Waals surface area (Å²) in [6.45, 7) is 5.95. The zero-order valence-electron chi connectivity index (χ0n) is 9.71. The highest BCUT2D eigenvalue weighted by Gasteiger charge is 2.18. The van der Waals surface area contributed by atoms with Crippen molar-refractivity contribution >= 4 is 5.97 Å². The lowest BCUT2D eigenvalue weighted by molar-refractivity contribution is -0.252. The summed E-state index contributed by atoms with van der Waals surface area (Å²) in [6.07, 6.45) is 5.89. The van der Waals surface area contributed by atoms with Crippen molar-refractivity contribution in [3.8, 4) is 0 Å². The van der Waals surface area contributed by atoms with Gasteiger partial charge in [0.1, 0.15) is 0 Å². The fourth-order valence-electron chi connectivity index (χ4n) is 1.81. The molecule has 1 aliphatic rings. The van der Waals surface area contributed by atoms with E-state index >= 15 is 0 Å². The van der Waals surface area contributed by atoms with E-state index in [9.17, 15) is 4.79 Å². The second kappa shape index (κ2) is 7.80. The Hall–Kier alpha value is -0.570. The van der Waals surface area contributed by atoms with E-state index in [0.29, 0.717) is 0 Å². The van der Waals surface area contributed by atoms with Crippen LogP contribution in [0.3, 0.4) is 0 Å². The van der Waals surface area contributed by atoms with Crippen molar-refractivity contribution in [2.24, 2.45) is 11.8 Å². The zero-order valence-corrected chi connectivity index (χ0v) is 9.71. The molecule has 2 unspecified atom stereocenters. The maximum Gasteiger partial charge on any atom is 0.339 e. The third kappa shape index (κ3) is 6.89. The number of hydrogen-bond acceptors (Lipinski definition) is 3. The van der Waals surface area contributed by atoms with E-state index in [0.717, 1.165) is 11.8 Å². The summed E-state index contributed by atoms with van der Waals surface area (Å²) in [6, 6.07) is 0. The van der Waals surface area contributed by atoms with Gasteiger partial charge >= 0.3 is 5.97 Å². The molecule has 84 valence electrons. The molecular formula is C11H22O3. The van der Waals surface area contributed by atoms with Crippen LogP contribution in [-0.4, -0.2) is 13.1 Å². The van der Waals surface area contributed by atoms with Gasteiger partial charge in [0.05, 0.1) is 7.11 Å². The molecule has 0 aromatic carbocycles. The zero-order chi connectivity index (χ0) is 11.0. The van der Waals surface area contributed by atoms with Crippen LogP contribution in [-0.2, 0) is 14.6 Å². The highest BCUT2D eigenvalue weighted by molar-refractivity contribution is 5.65. The van der Waals surface area contributed by atoms with Crippen molar-refractivity contribution in [1.29, 1.82) is 0 Å². The predicted octanol–water partition coefficient (Wildman–Crippen LogP) is 2.94. The van der Waals surface area contributed by atoms with Gasteiger partial charge < -0.3 is 0 Å². The Balaban J connectivity index is 0.000000255. The lowest BCUT2D eigenvalue weighted by Gasteiger charge is -2.02. The molecule has 0 heterocycles. The predicted molar refractivity (Wildman–Crippen MR) is 55.6 cm³/mol. The summed E-state index contributed by atoms with van der Waals surface area (Å²) in [4.78, 5) is 17.6. The SMILES string of the molecule is CCC1CCC(C)C1.COOC(C)=O. The first-order chi connectivity index (χ1) is 6.60. The molecule has 0 aromatic rings.